The Balaban J connectivity index is 2.29. The summed E-state index contributed by atoms with van der Waals surface area (Å²) in [6.07, 6.45) is 3.13. The number of hydrogen-bond acceptors (Lipinski definition) is 2. The summed E-state index contributed by atoms with van der Waals surface area (Å²) in [5.41, 5.74) is 3.49. The summed E-state index contributed by atoms with van der Waals surface area (Å²) in [5, 5.41) is 12.0. The molecule has 2 rings (SSSR count). The van der Waals surface area contributed by atoms with Crippen molar-refractivity contribution in [1.82, 2.24) is 10.3 Å². The van der Waals surface area contributed by atoms with Crippen LogP contribution in [0, 0.1) is 6.92 Å². The quantitative estimate of drug-likeness (QED) is 0.657. The minimum Gasteiger partial charge on any atom is -0.481 e. The van der Waals surface area contributed by atoms with Crippen molar-refractivity contribution in [2.24, 2.45) is 0 Å². The second kappa shape index (κ2) is 3.46. The molecule has 0 aromatic carbocycles. The van der Waals surface area contributed by atoms with Gasteiger partial charge in [0.05, 0.1) is 6.42 Å². The fourth-order valence-corrected chi connectivity index (χ4v) is 2.12. The lowest BCUT2D eigenvalue weighted by Gasteiger charge is -2.23. The Morgan fingerprint density at radius 1 is 1.71 bits per heavy atom. The van der Waals surface area contributed by atoms with E-state index in [1.165, 1.54) is 5.56 Å². The number of H-pyrrole nitrogens is 1. The number of aromatic amines is 1. The molecule has 2 heterocycles. The summed E-state index contributed by atoms with van der Waals surface area (Å²) < 4.78 is 0. The molecule has 0 bridgehead atoms. The van der Waals surface area contributed by atoms with Crippen molar-refractivity contribution in [3.8, 4) is 0 Å². The standard InChI is InChI=1S/C10H14N2O2/c1-6-10-7(5-12-6)2-3-11-8(10)4-9(13)14/h5,8,11-12H,2-4H2,1H3,(H,13,14). The number of aliphatic carboxylic acids is 1. The monoisotopic (exact) mass is 194 g/mol. The van der Waals surface area contributed by atoms with E-state index in [0.29, 0.717) is 0 Å². The molecule has 1 aliphatic heterocycles. The van der Waals surface area contributed by atoms with E-state index in [1.54, 1.807) is 0 Å². The van der Waals surface area contributed by atoms with Gasteiger partial charge in [-0.3, -0.25) is 4.79 Å². The van der Waals surface area contributed by atoms with Gasteiger partial charge in [0, 0.05) is 17.9 Å². The SMILES string of the molecule is Cc1[nH]cc2c1C(CC(=O)O)NCC2. The molecular weight excluding hydrogens is 180 g/mol. The van der Waals surface area contributed by atoms with Crippen LogP contribution in [-0.2, 0) is 11.2 Å². The van der Waals surface area contributed by atoms with E-state index in [-0.39, 0.29) is 12.5 Å². The summed E-state index contributed by atoms with van der Waals surface area (Å²) in [4.78, 5) is 13.8. The molecule has 0 amide bonds. The highest BCUT2D eigenvalue weighted by Gasteiger charge is 2.24. The van der Waals surface area contributed by atoms with Crippen LogP contribution in [0.4, 0.5) is 0 Å². The van der Waals surface area contributed by atoms with Crippen LogP contribution in [0.5, 0.6) is 0 Å². The van der Waals surface area contributed by atoms with Gasteiger partial charge in [0.25, 0.3) is 0 Å². The smallest absolute Gasteiger partial charge is 0.305 e. The maximum Gasteiger partial charge on any atom is 0.305 e. The molecule has 0 fully saturated rings. The highest BCUT2D eigenvalue weighted by Crippen LogP contribution is 2.27. The third-order valence-corrected chi connectivity index (χ3v) is 2.73. The van der Waals surface area contributed by atoms with Gasteiger partial charge in [0.1, 0.15) is 0 Å². The minimum absolute atomic E-state index is 0.0255. The van der Waals surface area contributed by atoms with E-state index < -0.39 is 5.97 Å². The Bertz CT molecular complexity index is 357. The predicted octanol–water partition coefficient (Wildman–Crippen LogP) is 0.985. The van der Waals surface area contributed by atoms with E-state index in [2.05, 4.69) is 10.3 Å². The Hall–Kier alpha value is -1.29. The van der Waals surface area contributed by atoms with Crippen molar-refractivity contribution in [1.29, 1.82) is 0 Å². The molecule has 1 unspecified atom stereocenters. The molecule has 76 valence electrons. The second-order valence-electron chi connectivity index (χ2n) is 3.71. The Kier molecular flexibility index (Phi) is 2.29. The van der Waals surface area contributed by atoms with Gasteiger partial charge < -0.3 is 15.4 Å². The number of carboxylic acids is 1. The topological polar surface area (TPSA) is 65.1 Å². The molecule has 1 aliphatic rings. The van der Waals surface area contributed by atoms with E-state index in [9.17, 15) is 4.79 Å². The Morgan fingerprint density at radius 3 is 3.21 bits per heavy atom. The third kappa shape index (κ3) is 1.53. The Labute approximate surface area is 82.3 Å². The zero-order chi connectivity index (χ0) is 10.1. The van der Waals surface area contributed by atoms with Crippen LogP contribution in [0.25, 0.3) is 0 Å². The molecule has 0 radical (unpaired) electrons. The van der Waals surface area contributed by atoms with E-state index in [0.717, 1.165) is 24.2 Å². The molecule has 1 atom stereocenters. The number of carbonyl (C=O) groups is 1. The van der Waals surface area contributed by atoms with Gasteiger partial charge in [-0.1, -0.05) is 0 Å². The Morgan fingerprint density at radius 2 is 2.50 bits per heavy atom. The van der Waals surface area contributed by atoms with Crippen LogP contribution >= 0.6 is 0 Å². The molecule has 3 N–H and O–H groups in total. The van der Waals surface area contributed by atoms with Crippen molar-refractivity contribution in [2.45, 2.75) is 25.8 Å². The van der Waals surface area contributed by atoms with Crippen LogP contribution < -0.4 is 5.32 Å². The zero-order valence-electron chi connectivity index (χ0n) is 8.13. The first kappa shape index (κ1) is 9.27. The summed E-state index contributed by atoms with van der Waals surface area (Å²) in [5.74, 6) is -0.754. The summed E-state index contributed by atoms with van der Waals surface area (Å²) in [6, 6.07) is -0.0255. The number of carboxylic acid groups (broad SMARTS) is 1. The van der Waals surface area contributed by atoms with E-state index in [4.69, 9.17) is 5.11 Å². The van der Waals surface area contributed by atoms with Crippen molar-refractivity contribution < 1.29 is 9.90 Å². The highest BCUT2D eigenvalue weighted by molar-refractivity contribution is 5.68. The van der Waals surface area contributed by atoms with Crippen LogP contribution in [0.1, 0.15) is 29.3 Å². The first-order valence-electron chi connectivity index (χ1n) is 4.80. The van der Waals surface area contributed by atoms with Crippen molar-refractivity contribution in [3.05, 3.63) is 23.0 Å². The van der Waals surface area contributed by atoms with Gasteiger partial charge in [-0.25, -0.2) is 0 Å². The number of hydrogen-bond donors (Lipinski definition) is 3. The molecule has 4 nitrogen and oxygen atoms in total. The van der Waals surface area contributed by atoms with Crippen LogP contribution in [-0.4, -0.2) is 22.6 Å². The highest BCUT2D eigenvalue weighted by atomic mass is 16.4. The maximum absolute atomic E-state index is 10.7. The lowest BCUT2D eigenvalue weighted by Crippen LogP contribution is -2.31. The molecule has 14 heavy (non-hydrogen) atoms. The van der Waals surface area contributed by atoms with Crippen LogP contribution in [0.15, 0.2) is 6.20 Å². The lowest BCUT2D eigenvalue weighted by molar-refractivity contribution is -0.137. The lowest BCUT2D eigenvalue weighted by atomic mass is 9.94. The number of aromatic nitrogens is 1. The van der Waals surface area contributed by atoms with Crippen molar-refractivity contribution >= 4 is 5.97 Å². The third-order valence-electron chi connectivity index (χ3n) is 2.73. The largest absolute Gasteiger partial charge is 0.481 e. The predicted molar refractivity (Wildman–Crippen MR) is 52.2 cm³/mol. The van der Waals surface area contributed by atoms with Gasteiger partial charge in [-0.05, 0) is 31.0 Å². The number of nitrogens with one attached hydrogen (secondary N) is 2. The molecule has 1 aromatic heterocycles. The van der Waals surface area contributed by atoms with E-state index >= 15 is 0 Å². The van der Waals surface area contributed by atoms with Gasteiger partial charge in [-0.15, -0.1) is 0 Å². The molecule has 4 heteroatoms. The zero-order valence-corrected chi connectivity index (χ0v) is 8.13. The van der Waals surface area contributed by atoms with E-state index in [1.807, 2.05) is 13.1 Å². The first-order valence-corrected chi connectivity index (χ1v) is 4.80. The van der Waals surface area contributed by atoms with Crippen LogP contribution in [0.2, 0.25) is 0 Å². The average Bonchev–Trinajstić information content (AvgIpc) is 2.48. The molecule has 0 spiro atoms. The fourth-order valence-electron chi connectivity index (χ4n) is 2.12. The first-order chi connectivity index (χ1) is 6.68. The average molecular weight is 194 g/mol. The van der Waals surface area contributed by atoms with Crippen molar-refractivity contribution in [2.75, 3.05) is 6.54 Å². The molecule has 0 saturated carbocycles. The maximum atomic E-state index is 10.7. The molecule has 0 aliphatic carbocycles. The number of fused-ring (bicyclic) bond motifs is 1. The van der Waals surface area contributed by atoms with Gasteiger partial charge >= 0.3 is 5.97 Å². The van der Waals surface area contributed by atoms with Gasteiger partial charge in [0.15, 0.2) is 0 Å². The molecule has 0 saturated heterocycles. The van der Waals surface area contributed by atoms with Gasteiger partial charge in [-0.2, -0.15) is 0 Å². The normalized spacial score (nSPS) is 20.5. The fraction of sp³-hybridized carbons (Fsp3) is 0.500. The second-order valence-corrected chi connectivity index (χ2v) is 3.71. The summed E-state index contributed by atoms with van der Waals surface area (Å²) in [6.45, 7) is 2.85. The number of rotatable bonds is 2. The van der Waals surface area contributed by atoms with Crippen molar-refractivity contribution in [3.63, 3.8) is 0 Å². The van der Waals surface area contributed by atoms with Crippen LogP contribution in [0.3, 0.4) is 0 Å². The molecular formula is C10H14N2O2. The van der Waals surface area contributed by atoms with Gasteiger partial charge in [0.2, 0.25) is 0 Å². The minimum atomic E-state index is -0.754. The summed E-state index contributed by atoms with van der Waals surface area (Å²) in [7, 11) is 0. The summed E-state index contributed by atoms with van der Waals surface area (Å²) >= 11 is 0. The number of aryl methyl sites for hydroxylation is 1. The molecule has 1 aromatic rings.